The van der Waals surface area contributed by atoms with Crippen LogP contribution in [0.25, 0.3) is 0 Å². The van der Waals surface area contributed by atoms with Gasteiger partial charge in [0.1, 0.15) is 11.5 Å². The summed E-state index contributed by atoms with van der Waals surface area (Å²) in [6.45, 7) is 5.49. The molecule has 0 unspecified atom stereocenters. The summed E-state index contributed by atoms with van der Waals surface area (Å²) in [6, 6.07) is 14.7. The molecular formula is C24H28BrN3O2. The fraction of sp³-hybridized carbons (Fsp3) is 0.458. The molecule has 158 valence electrons. The van der Waals surface area contributed by atoms with E-state index in [2.05, 4.69) is 63.1 Å². The van der Waals surface area contributed by atoms with Crippen molar-refractivity contribution in [3.8, 4) is 11.5 Å². The number of likely N-dealkylation sites (tertiary alicyclic amines) is 1. The van der Waals surface area contributed by atoms with E-state index in [9.17, 15) is 0 Å². The Morgan fingerprint density at radius 1 is 1.20 bits per heavy atom. The summed E-state index contributed by atoms with van der Waals surface area (Å²) in [5.41, 5.74) is 2.98. The molecule has 2 aromatic carbocycles. The molecule has 3 heterocycles. The van der Waals surface area contributed by atoms with Gasteiger partial charge in [-0.1, -0.05) is 35.0 Å². The molecule has 0 N–H and O–H groups in total. The molecule has 3 aliphatic heterocycles. The molecule has 2 aromatic rings. The predicted molar refractivity (Wildman–Crippen MR) is 122 cm³/mol. The lowest BCUT2D eigenvalue weighted by atomic mass is 9.90. The first-order valence-corrected chi connectivity index (χ1v) is 11.6. The monoisotopic (exact) mass is 469 g/mol. The molecule has 5 nitrogen and oxygen atoms in total. The van der Waals surface area contributed by atoms with Gasteiger partial charge in [0, 0.05) is 48.0 Å². The number of methoxy groups -OCH3 is 1. The van der Waals surface area contributed by atoms with Crippen molar-refractivity contribution in [1.82, 2.24) is 9.91 Å². The van der Waals surface area contributed by atoms with Gasteiger partial charge in [0.05, 0.1) is 18.9 Å². The van der Waals surface area contributed by atoms with Crippen molar-refractivity contribution in [2.24, 2.45) is 5.10 Å². The lowest BCUT2D eigenvalue weighted by Crippen LogP contribution is -2.59. The Morgan fingerprint density at radius 2 is 2.00 bits per heavy atom. The molecule has 0 radical (unpaired) electrons. The number of para-hydroxylation sites is 1. The fourth-order valence-corrected chi connectivity index (χ4v) is 5.45. The van der Waals surface area contributed by atoms with Gasteiger partial charge >= 0.3 is 0 Å². The Kier molecular flexibility index (Phi) is 5.23. The summed E-state index contributed by atoms with van der Waals surface area (Å²) in [5.74, 6) is 1.87. The molecule has 0 bridgehead atoms. The predicted octanol–water partition coefficient (Wildman–Crippen LogP) is 5.20. The second-order valence-corrected chi connectivity index (χ2v) is 9.30. The Bertz CT molecular complexity index is 969. The molecule has 0 aliphatic carbocycles. The maximum Gasteiger partial charge on any atom is 0.200 e. The van der Waals surface area contributed by atoms with E-state index >= 15 is 0 Å². The zero-order valence-electron chi connectivity index (χ0n) is 17.6. The van der Waals surface area contributed by atoms with Crippen LogP contribution in [0.4, 0.5) is 0 Å². The van der Waals surface area contributed by atoms with Gasteiger partial charge in [-0.3, -0.25) is 0 Å². The molecule has 6 heteroatoms. The minimum atomic E-state index is -0.375. The number of nitrogens with zero attached hydrogens (tertiary/aromatic N) is 3. The van der Waals surface area contributed by atoms with E-state index in [1.54, 1.807) is 7.11 Å². The number of benzene rings is 2. The highest BCUT2D eigenvalue weighted by molar-refractivity contribution is 9.10. The van der Waals surface area contributed by atoms with Crippen LogP contribution in [-0.2, 0) is 0 Å². The molecule has 0 amide bonds. The van der Waals surface area contributed by atoms with Gasteiger partial charge in [0.15, 0.2) is 0 Å². The van der Waals surface area contributed by atoms with E-state index in [0.29, 0.717) is 0 Å². The van der Waals surface area contributed by atoms with E-state index in [1.165, 1.54) is 12.0 Å². The molecule has 30 heavy (non-hydrogen) atoms. The smallest absolute Gasteiger partial charge is 0.200 e. The first kappa shape index (κ1) is 19.9. The van der Waals surface area contributed by atoms with Crippen LogP contribution in [0, 0.1) is 0 Å². The van der Waals surface area contributed by atoms with Crippen LogP contribution in [0.3, 0.4) is 0 Å². The molecule has 1 fully saturated rings. The van der Waals surface area contributed by atoms with Crippen LogP contribution in [0.15, 0.2) is 52.0 Å². The number of hydrogen-bond donors (Lipinski definition) is 0. The number of hydrazone groups is 1. The maximum absolute atomic E-state index is 6.74. The highest BCUT2D eigenvalue weighted by Gasteiger charge is 2.51. The van der Waals surface area contributed by atoms with Crippen LogP contribution in [0.5, 0.6) is 11.5 Å². The Hall–Kier alpha value is -2.05. The molecule has 0 aromatic heterocycles. The van der Waals surface area contributed by atoms with Gasteiger partial charge in [0.2, 0.25) is 5.72 Å². The van der Waals surface area contributed by atoms with Gasteiger partial charge in [-0.05, 0) is 43.3 Å². The van der Waals surface area contributed by atoms with Crippen LogP contribution in [-0.4, -0.2) is 48.1 Å². The van der Waals surface area contributed by atoms with Crippen LogP contribution < -0.4 is 9.47 Å². The number of ether oxygens (including phenoxy) is 2. The van der Waals surface area contributed by atoms with Crippen molar-refractivity contribution in [1.29, 1.82) is 0 Å². The number of rotatable bonds is 4. The van der Waals surface area contributed by atoms with Gasteiger partial charge < -0.3 is 14.4 Å². The van der Waals surface area contributed by atoms with E-state index in [1.807, 2.05) is 12.1 Å². The van der Waals surface area contributed by atoms with Gasteiger partial charge in [-0.2, -0.15) is 5.10 Å². The number of halogens is 1. The standard InChI is InChI=1S/C24H28BrN3O2/c1-3-12-27-13-10-24(11-14-27)28-21(19-15-17(25)8-9-23(19)30-24)16-20(26-28)18-6-4-5-7-22(18)29-2/h4-9,15,21H,3,10-14,16H2,1-2H3/t21-/m1/s1. The number of fused-ring (bicyclic) bond motifs is 4. The lowest BCUT2D eigenvalue weighted by Gasteiger charge is -2.51. The SMILES string of the molecule is CCCN1CCC2(CC1)Oc1ccc(Br)cc1[C@H]1CC(c3ccccc3OC)=NN12. The van der Waals surface area contributed by atoms with Gasteiger partial charge in [-0.15, -0.1) is 0 Å². The normalized spacial score (nSPS) is 22.3. The first-order valence-electron chi connectivity index (χ1n) is 10.8. The molecule has 0 saturated carbocycles. The third kappa shape index (κ3) is 3.30. The minimum absolute atomic E-state index is 0.184. The Morgan fingerprint density at radius 3 is 2.77 bits per heavy atom. The third-order valence-corrected chi connectivity index (χ3v) is 7.05. The van der Waals surface area contributed by atoms with Crippen molar-refractivity contribution in [2.45, 2.75) is 44.4 Å². The van der Waals surface area contributed by atoms with Crippen molar-refractivity contribution >= 4 is 21.6 Å². The fourth-order valence-electron chi connectivity index (χ4n) is 5.07. The zero-order chi connectivity index (χ0) is 20.7. The molecular weight excluding hydrogens is 442 g/mol. The van der Waals surface area contributed by atoms with Crippen LogP contribution in [0.1, 0.15) is 49.8 Å². The Labute approximate surface area is 186 Å². The average molecular weight is 470 g/mol. The van der Waals surface area contributed by atoms with Gasteiger partial charge in [0.25, 0.3) is 0 Å². The molecule has 3 aliphatic rings. The number of piperidine rings is 1. The largest absolute Gasteiger partial charge is 0.496 e. The van der Waals surface area contributed by atoms with E-state index in [4.69, 9.17) is 14.6 Å². The van der Waals surface area contributed by atoms with Crippen molar-refractivity contribution < 1.29 is 9.47 Å². The van der Waals surface area contributed by atoms with Crippen LogP contribution >= 0.6 is 15.9 Å². The first-order chi connectivity index (χ1) is 14.6. The maximum atomic E-state index is 6.74. The molecule has 1 saturated heterocycles. The highest BCUT2D eigenvalue weighted by atomic mass is 79.9. The molecule has 5 rings (SSSR count). The summed E-state index contributed by atoms with van der Waals surface area (Å²) < 4.78 is 13.4. The van der Waals surface area contributed by atoms with Gasteiger partial charge in [-0.25, -0.2) is 5.01 Å². The van der Waals surface area contributed by atoms with E-state index < -0.39 is 0 Å². The third-order valence-electron chi connectivity index (χ3n) is 6.55. The topological polar surface area (TPSA) is 37.3 Å². The zero-order valence-corrected chi connectivity index (χ0v) is 19.2. The van der Waals surface area contributed by atoms with Crippen molar-refractivity contribution in [3.05, 3.63) is 58.1 Å². The highest BCUT2D eigenvalue weighted by Crippen LogP contribution is 2.50. The second kappa shape index (κ2) is 7.89. The summed E-state index contributed by atoms with van der Waals surface area (Å²) in [4.78, 5) is 2.54. The number of hydrogen-bond acceptors (Lipinski definition) is 5. The average Bonchev–Trinajstić information content (AvgIpc) is 3.23. The lowest BCUT2D eigenvalue weighted by molar-refractivity contribution is -0.149. The van der Waals surface area contributed by atoms with Crippen molar-refractivity contribution in [3.63, 3.8) is 0 Å². The van der Waals surface area contributed by atoms with E-state index in [0.717, 1.165) is 66.1 Å². The summed E-state index contributed by atoms with van der Waals surface area (Å²) in [6.07, 6.45) is 3.96. The van der Waals surface area contributed by atoms with Crippen LogP contribution in [0.2, 0.25) is 0 Å². The summed E-state index contributed by atoms with van der Waals surface area (Å²) in [7, 11) is 1.72. The van der Waals surface area contributed by atoms with Crippen molar-refractivity contribution in [2.75, 3.05) is 26.7 Å². The molecule has 1 atom stereocenters. The summed E-state index contributed by atoms with van der Waals surface area (Å²) >= 11 is 3.64. The van der Waals surface area contributed by atoms with E-state index in [-0.39, 0.29) is 11.8 Å². The second-order valence-electron chi connectivity index (χ2n) is 8.38. The minimum Gasteiger partial charge on any atom is -0.496 e. The quantitative estimate of drug-likeness (QED) is 0.616. The molecule has 1 spiro atoms. The Balaban J connectivity index is 1.55. The summed E-state index contributed by atoms with van der Waals surface area (Å²) in [5, 5.41) is 7.45.